The summed E-state index contributed by atoms with van der Waals surface area (Å²) in [5.41, 5.74) is 0.895. The van der Waals surface area contributed by atoms with Crippen molar-refractivity contribution in [3.05, 3.63) is 30.0 Å². The summed E-state index contributed by atoms with van der Waals surface area (Å²) < 4.78 is 32.7. The van der Waals surface area contributed by atoms with Crippen LogP contribution in [0, 0.1) is 23.2 Å². The molecule has 2 heterocycles. The first-order chi connectivity index (χ1) is 17.7. The SMILES string of the molecule is COc1cccc2[nH]c(C(=O)N[C@@H](CC3CCC(F)(F)CC3)C(=O)N[C@H](C#N)C[C@@H]3CCNC3=O)cc12. The largest absolute Gasteiger partial charge is 0.496 e. The topological polar surface area (TPSA) is 136 Å². The number of rotatable bonds is 9. The molecule has 1 aliphatic heterocycles. The van der Waals surface area contributed by atoms with E-state index in [0.717, 1.165) is 0 Å². The molecular formula is C26H31F2N5O4. The normalized spacial score (nSPS) is 21.0. The molecule has 1 aliphatic carbocycles. The zero-order chi connectivity index (χ0) is 26.6. The fourth-order valence-electron chi connectivity index (χ4n) is 5.13. The Balaban J connectivity index is 1.49. The van der Waals surface area contributed by atoms with Gasteiger partial charge in [0.05, 0.1) is 13.2 Å². The lowest BCUT2D eigenvalue weighted by atomic mass is 9.82. The number of fused-ring (bicyclic) bond motifs is 1. The fourth-order valence-corrected chi connectivity index (χ4v) is 5.13. The monoisotopic (exact) mass is 515 g/mol. The Hall–Kier alpha value is -3.68. The number of nitriles is 1. The van der Waals surface area contributed by atoms with E-state index in [0.29, 0.717) is 29.6 Å². The van der Waals surface area contributed by atoms with Crippen LogP contribution < -0.4 is 20.7 Å². The highest BCUT2D eigenvalue weighted by atomic mass is 19.3. The third-order valence-corrected chi connectivity index (χ3v) is 7.27. The highest BCUT2D eigenvalue weighted by Crippen LogP contribution is 2.38. The minimum Gasteiger partial charge on any atom is -0.496 e. The number of aromatic amines is 1. The first-order valence-electron chi connectivity index (χ1n) is 12.5. The van der Waals surface area contributed by atoms with Crippen molar-refractivity contribution >= 4 is 28.6 Å². The third-order valence-electron chi connectivity index (χ3n) is 7.27. The molecule has 3 atom stereocenters. The summed E-state index contributed by atoms with van der Waals surface area (Å²) in [4.78, 5) is 41.3. The minimum atomic E-state index is -2.71. The quantitative estimate of drug-likeness (QED) is 0.407. The number of ether oxygens (including phenoxy) is 1. The second-order valence-corrected chi connectivity index (χ2v) is 9.87. The Morgan fingerprint density at radius 1 is 1.22 bits per heavy atom. The number of carbonyl (C=O) groups is 3. The van der Waals surface area contributed by atoms with Gasteiger partial charge in [0.1, 0.15) is 23.5 Å². The van der Waals surface area contributed by atoms with Crippen LogP contribution in [-0.2, 0) is 9.59 Å². The molecular weight excluding hydrogens is 484 g/mol. The van der Waals surface area contributed by atoms with Crippen LogP contribution >= 0.6 is 0 Å². The summed E-state index contributed by atoms with van der Waals surface area (Å²) in [6.45, 7) is 0.524. The summed E-state index contributed by atoms with van der Waals surface area (Å²) in [6, 6.07) is 7.02. The number of hydrogen-bond donors (Lipinski definition) is 4. The highest BCUT2D eigenvalue weighted by Gasteiger charge is 2.37. The molecule has 2 aromatic rings. The van der Waals surface area contributed by atoms with Crippen LogP contribution in [0.25, 0.3) is 10.9 Å². The molecule has 1 aromatic carbocycles. The number of aromatic nitrogens is 1. The van der Waals surface area contributed by atoms with Gasteiger partial charge in [-0.1, -0.05) is 6.07 Å². The molecule has 1 saturated carbocycles. The van der Waals surface area contributed by atoms with Crippen molar-refractivity contribution in [3.63, 3.8) is 0 Å². The lowest BCUT2D eigenvalue weighted by molar-refractivity contribution is -0.125. The minimum absolute atomic E-state index is 0.156. The van der Waals surface area contributed by atoms with Gasteiger partial charge >= 0.3 is 0 Å². The van der Waals surface area contributed by atoms with E-state index >= 15 is 0 Å². The summed E-state index contributed by atoms with van der Waals surface area (Å²) in [6.07, 6.45) is 0.845. The van der Waals surface area contributed by atoms with Gasteiger partial charge in [-0.05, 0) is 56.2 Å². The molecule has 37 heavy (non-hydrogen) atoms. The Morgan fingerprint density at radius 2 is 1.97 bits per heavy atom. The fraction of sp³-hybridized carbons (Fsp3) is 0.538. The second-order valence-electron chi connectivity index (χ2n) is 9.87. The van der Waals surface area contributed by atoms with Gasteiger partial charge in [-0.25, -0.2) is 8.78 Å². The Morgan fingerprint density at radius 3 is 2.62 bits per heavy atom. The molecule has 198 valence electrons. The summed E-state index contributed by atoms with van der Waals surface area (Å²) >= 11 is 0. The maximum absolute atomic E-state index is 13.7. The van der Waals surface area contributed by atoms with Gasteiger partial charge in [0.25, 0.3) is 5.91 Å². The maximum atomic E-state index is 13.7. The Labute approximate surface area is 213 Å². The number of benzene rings is 1. The van der Waals surface area contributed by atoms with Crippen LogP contribution in [0.5, 0.6) is 5.75 Å². The summed E-state index contributed by atoms with van der Waals surface area (Å²) in [5.74, 6) is -3.96. The standard InChI is InChI=1S/C26H31F2N5O4/c1-37-22-4-2-3-19-18(22)13-21(32-19)25(36)33-20(11-15-5-8-26(27,28)9-6-15)24(35)31-17(14-29)12-16-7-10-30-23(16)34/h2-4,13,15-17,20,32H,5-12H2,1H3,(H,30,34)(H,31,35)(H,33,36)/t16-,17-,20-/m0/s1. The molecule has 0 bridgehead atoms. The van der Waals surface area contributed by atoms with Crippen LogP contribution in [0.15, 0.2) is 24.3 Å². The summed E-state index contributed by atoms with van der Waals surface area (Å²) in [5, 5.41) is 18.4. The van der Waals surface area contributed by atoms with Crippen molar-refractivity contribution in [2.45, 2.75) is 63.0 Å². The van der Waals surface area contributed by atoms with E-state index in [1.165, 1.54) is 7.11 Å². The molecule has 1 saturated heterocycles. The molecule has 0 unspecified atom stereocenters. The predicted molar refractivity (Wildman–Crippen MR) is 131 cm³/mol. The average molecular weight is 516 g/mol. The van der Waals surface area contributed by atoms with Gasteiger partial charge in [-0.2, -0.15) is 5.26 Å². The smallest absolute Gasteiger partial charge is 0.268 e. The van der Waals surface area contributed by atoms with E-state index < -0.39 is 29.8 Å². The van der Waals surface area contributed by atoms with Crippen LogP contribution in [0.1, 0.15) is 55.4 Å². The second kappa shape index (κ2) is 11.2. The number of carbonyl (C=O) groups excluding carboxylic acids is 3. The van der Waals surface area contributed by atoms with Gasteiger partial charge < -0.3 is 25.7 Å². The van der Waals surface area contributed by atoms with E-state index in [1.807, 2.05) is 6.07 Å². The molecule has 4 N–H and O–H groups in total. The van der Waals surface area contributed by atoms with Gasteiger partial charge in [-0.3, -0.25) is 14.4 Å². The van der Waals surface area contributed by atoms with Crippen molar-refractivity contribution in [3.8, 4) is 11.8 Å². The van der Waals surface area contributed by atoms with Crippen LogP contribution in [0.3, 0.4) is 0 Å². The van der Waals surface area contributed by atoms with E-state index in [4.69, 9.17) is 4.74 Å². The maximum Gasteiger partial charge on any atom is 0.268 e. The molecule has 3 amide bonds. The molecule has 2 aliphatic rings. The first-order valence-corrected chi connectivity index (χ1v) is 12.5. The van der Waals surface area contributed by atoms with E-state index in [1.54, 1.807) is 24.3 Å². The van der Waals surface area contributed by atoms with Crippen molar-refractivity contribution in [2.24, 2.45) is 11.8 Å². The Bertz CT molecular complexity index is 1200. The molecule has 11 heteroatoms. The van der Waals surface area contributed by atoms with E-state index in [2.05, 4.69) is 20.9 Å². The third kappa shape index (κ3) is 6.37. The zero-order valence-corrected chi connectivity index (χ0v) is 20.6. The van der Waals surface area contributed by atoms with Gasteiger partial charge in [-0.15, -0.1) is 0 Å². The van der Waals surface area contributed by atoms with Crippen molar-refractivity contribution < 1.29 is 27.9 Å². The number of halogens is 2. The van der Waals surface area contributed by atoms with Crippen molar-refractivity contribution in [2.75, 3.05) is 13.7 Å². The number of methoxy groups -OCH3 is 1. The van der Waals surface area contributed by atoms with Crippen LogP contribution in [-0.4, -0.2) is 54.4 Å². The predicted octanol–water partition coefficient (Wildman–Crippen LogP) is 3.03. The number of H-pyrrole nitrogens is 1. The van der Waals surface area contributed by atoms with Gasteiger partial charge in [0.15, 0.2) is 0 Å². The molecule has 2 fully saturated rings. The average Bonchev–Trinajstić information content (AvgIpc) is 3.50. The Kier molecular flexibility index (Phi) is 7.95. The van der Waals surface area contributed by atoms with Crippen molar-refractivity contribution in [1.82, 2.24) is 20.9 Å². The molecule has 1 aromatic heterocycles. The zero-order valence-electron chi connectivity index (χ0n) is 20.6. The van der Waals surface area contributed by atoms with Crippen LogP contribution in [0.4, 0.5) is 8.78 Å². The number of hydrogen-bond acceptors (Lipinski definition) is 5. The molecule has 0 spiro atoms. The number of alkyl halides is 2. The lowest BCUT2D eigenvalue weighted by Crippen LogP contribution is -2.51. The summed E-state index contributed by atoms with van der Waals surface area (Å²) in [7, 11) is 1.52. The molecule has 4 rings (SSSR count). The lowest BCUT2D eigenvalue weighted by Gasteiger charge is -2.31. The van der Waals surface area contributed by atoms with Crippen LogP contribution in [0.2, 0.25) is 0 Å². The van der Waals surface area contributed by atoms with Gasteiger partial charge in [0, 0.05) is 36.2 Å². The first kappa shape index (κ1) is 26.4. The van der Waals surface area contributed by atoms with Gasteiger partial charge in [0.2, 0.25) is 17.7 Å². The van der Waals surface area contributed by atoms with E-state index in [9.17, 15) is 28.4 Å². The van der Waals surface area contributed by atoms with Crippen molar-refractivity contribution in [1.29, 1.82) is 5.26 Å². The number of nitrogens with one attached hydrogen (secondary N) is 4. The number of nitrogens with zero attached hydrogens (tertiary/aromatic N) is 1. The number of amides is 3. The molecule has 9 nitrogen and oxygen atoms in total. The van der Waals surface area contributed by atoms with E-state index in [-0.39, 0.29) is 62.0 Å². The molecule has 0 radical (unpaired) electrons. The highest BCUT2D eigenvalue weighted by molar-refractivity contribution is 6.01.